The van der Waals surface area contributed by atoms with Crippen LogP contribution in [0.1, 0.15) is 25.0 Å². The van der Waals surface area contributed by atoms with Gasteiger partial charge in [0.1, 0.15) is 11.3 Å². The predicted molar refractivity (Wildman–Crippen MR) is 109 cm³/mol. The van der Waals surface area contributed by atoms with Gasteiger partial charge in [-0.1, -0.05) is 18.2 Å². The van der Waals surface area contributed by atoms with Gasteiger partial charge in [0.05, 0.1) is 23.7 Å². The zero-order valence-electron chi connectivity index (χ0n) is 15.9. The van der Waals surface area contributed by atoms with E-state index >= 15 is 0 Å². The molecule has 0 radical (unpaired) electrons. The third-order valence-electron chi connectivity index (χ3n) is 4.25. The van der Waals surface area contributed by atoms with Crippen LogP contribution >= 0.6 is 0 Å². The molecular formula is C21H21N3O4. The number of aryl methyl sites for hydroxylation is 1. The van der Waals surface area contributed by atoms with Gasteiger partial charge in [0, 0.05) is 0 Å². The smallest absolute Gasteiger partial charge is 0.335 e. The highest BCUT2D eigenvalue weighted by Gasteiger charge is 2.18. The summed E-state index contributed by atoms with van der Waals surface area (Å²) in [6, 6.07) is 14.1. The molecule has 0 atom stereocenters. The lowest BCUT2D eigenvalue weighted by Gasteiger charge is -2.13. The molecule has 2 N–H and O–H groups in total. The Balaban J connectivity index is 2.11. The summed E-state index contributed by atoms with van der Waals surface area (Å²) in [5, 5.41) is 10.7. The molecule has 0 bridgehead atoms. The van der Waals surface area contributed by atoms with E-state index in [4.69, 9.17) is 4.74 Å². The minimum Gasteiger partial charge on any atom is -0.494 e. The Morgan fingerprint density at radius 1 is 1.14 bits per heavy atom. The molecule has 0 saturated heterocycles. The summed E-state index contributed by atoms with van der Waals surface area (Å²) in [5.41, 5.74) is 0.666. The number of nitrogens with zero attached hydrogens (tertiary/aromatic N) is 2. The maximum Gasteiger partial charge on any atom is 0.335 e. The molecule has 144 valence electrons. The van der Waals surface area contributed by atoms with Crippen LogP contribution in [0.15, 0.2) is 63.1 Å². The molecule has 7 nitrogen and oxygen atoms in total. The summed E-state index contributed by atoms with van der Waals surface area (Å²) in [6.45, 7) is 5.88. The van der Waals surface area contributed by atoms with Crippen LogP contribution in [0.5, 0.6) is 11.6 Å². The lowest BCUT2D eigenvalue weighted by Crippen LogP contribution is -2.33. The Morgan fingerprint density at radius 2 is 1.82 bits per heavy atom. The number of aromatic amines is 1. The molecule has 0 aliphatic heterocycles. The van der Waals surface area contributed by atoms with Gasteiger partial charge in [0.25, 0.3) is 5.56 Å². The van der Waals surface area contributed by atoms with Crippen LogP contribution in [0.25, 0.3) is 5.69 Å². The second-order valence-electron chi connectivity index (χ2n) is 6.20. The van der Waals surface area contributed by atoms with Gasteiger partial charge in [-0.05, 0) is 56.7 Å². The molecule has 0 spiro atoms. The van der Waals surface area contributed by atoms with Crippen molar-refractivity contribution in [2.75, 3.05) is 6.61 Å². The highest BCUT2D eigenvalue weighted by Crippen LogP contribution is 2.22. The van der Waals surface area contributed by atoms with Crippen molar-refractivity contribution in [1.82, 2.24) is 9.55 Å². The maximum atomic E-state index is 12.4. The van der Waals surface area contributed by atoms with Crippen molar-refractivity contribution in [3.8, 4) is 17.3 Å². The van der Waals surface area contributed by atoms with E-state index in [0.29, 0.717) is 23.7 Å². The molecule has 7 heteroatoms. The fraction of sp³-hybridized carbons (Fsp3) is 0.190. The van der Waals surface area contributed by atoms with Crippen molar-refractivity contribution >= 4 is 11.4 Å². The van der Waals surface area contributed by atoms with Crippen LogP contribution in [0.3, 0.4) is 0 Å². The Kier molecular flexibility index (Phi) is 5.44. The van der Waals surface area contributed by atoms with Crippen molar-refractivity contribution in [3.63, 3.8) is 0 Å². The van der Waals surface area contributed by atoms with Crippen LogP contribution in [0.4, 0.5) is 5.69 Å². The van der Waals surface area contributed by atoms with E-state index in [1.54, 1.807) is 43.3 Å². The van der Waals surface area contributed by atoms with Gasteiger partial charge in [-0.3, -0.25) is 14.8 Å². The molecule has 2 aromatic carbocycles. The summed E-state index contributed by atoms with van der Waals surface area (Å²) >= 11 is 0. The first kappa shape index (κ1) is 19.2. The number of benzene rings is 2. The number of rotatable bonds is 5. The monoisotopic (exact) mass is 379 g/mol. The standard InChI is InChI=1S/C21H21N3O4/c1-4-28-16-11-9-15(10-12-16)22-14(3)18-19(25)23-21(27)24(20(18)26)17-8-6-5-7-13(17)2/h5-12,26H,4H2,1-3H3,(H,23,25,27). The number of aromatic hydroxyl groups is 1. The Labute approximate surface area is 161 Å². The topological polar surface area (TPSA) is 96.7 Å². The van der Waals surface area contributed by atoms with Crippen LogP contribution in [0, 0.1) is 6.92 Å². The van der Waals surface area contributed by atoms with E-state index in [-0.39, 0.29) is 11.3 Å². The molecule has 0 fully saturated rings. The number of hydrogen-bond acceptors (Lipinski definition) is 5. The van der Waals surface area contributed by atoms with E-state index < -0.39 is 17.1 Å². The number of aromatic nitrogens is 2. The average molecular weight is 379 g/mol. The summed E-state index contributed by atoms with van der Waals surface area (Å²) in [5.74, 6) is 0.267. The normalized spacial score (nSPS) is 11.5. The fourth-order valence-electron chi connectivity index (χ4n) is 2.92. The zero-order chi connectivity index (χ0) is 20.3. The van der Waals surface area contributed by atoms with Gasteiger partial charge in [-0.15, -0.1) is 0 Å². The van der Waals surface area contributed by atoms with Gasteiger partial charge in [0.2, 0.25) is 5.88 Å². The molecule has 3 aromatic rings. The van der Waals surface area contributed by atoms with Gasteiger partial charge in [-0.25, -0.2) is 9.36 Å². The number of para-hydroxylation sites is 1. The molecule has 1 heterocycles. The lowest BCUT2D eigenvalue weighted by molar-refractivity contribution is 0.340. The Hall–Kier alpha value is -3.61. The minimum atomic E-state index is -0.714. The number of H-pyrrole nitrogens is 1. The second kappa shape index (κ2) is 7.96. The predicted octanol–water partition coefficient (Wildman–Crippen LogP) is 3.08. The Morgan fingerprint density at radius 3 is 2.46 bits per heavy atom. The van der Waals surface area contributed by atoms with E-state index in [1.807, 2.05) is 26.0 Å². The van der Waals surface area contributed by atoms with E-state index in [2.05, 4.69) is 9.98 Å². The van der Waals surface area contributed by atoms with E-state index in [1.165, 1.54) is 0 Å². The number of ether oxygens (including phenoxy) is 1. The van der Waals surface area contributed by atoms with Crippen molar-refractivity contribution in [1.29, 1.82) is 0 Å². The SMILES string of the molecule is CCOc1ccc(N=C(C)c2c(O)n(-c3ccccc3C)c(=O)[nH]c2=O)cc1. The molecule has 0 amide bonds. The largest absolute Gasteiger partial charge is 0.494 e. The van der Waals surface area contributed by atoms with Gasteiger partial charge < -0.3 is 9.84 Å². The van der Waals surface area contributed by atoms with Crippen LogP contribution in [-0.2, 0) is 0 Å². The minimum absolute atomic E-state index is 0.0586. The van der Waals surface area contributed by atoms with E-state index in [0.717, 1.165) is 10.1 Å². The van der Waals surface area contributed by atoms with Crippen molar-refractivity contribution in [2.24, 2.45) is 4.99 Å². The quantitative estimate of drug-likeness (QED) is 0.666. The van der Waals surface area contributed by atoms with Crippen LogP contribution in [0.2, 0.25) is 0 Å². The molecule has 0 saturated carbocycles. The molecule has 0 aliphatic rings. The van der Waals surface area contributed by atoms with Crippen LogP contribution < -0.4 is 16.0 Å². The lowest BCUT2D eigenvalue weighted by atomic mass is 10.1. The summed E-state index contributed by atoms with van der Waals surface area (Å²) in [6.07, 6.45) is 0. The number of nitrogens with one attached hydrogen (secondary N) is 1. The first-order valence-electron chi connectivity index (χ1n) is 8.85. The zero-order valence-corrected chi connectivity index (χ0v) is 15.9. The number of aliphatic imine (C=N–C) groups is 1. The summed E-state index contributed by atoms with van der Waals surface area (Å²) in [7, 11) is 0. The fourth-order valence-corrected chi connectivity index (χ4v) is 2.92. The number of hydrogen-bond donors (Lipinski definition) is 2. The highest BCUT2D eigenvalue weighted by atomic mass is 16.5. The van der Waals surface area contributed by atoms with Gasteiger partial charge in [0.15, 0.2) is 0 Å². The van der Waals surface area contributed by atoms with Crippen molar-refractivity contribution < 1.29 is 9.84 Å². The molecule has 28 heavy (non-hydrogen) atoms. The molecule has 1 aromatic heterocycles. The van der Waals surface area contributed by atoms with Gasteiger partial charge >= 0.3 is 5.69 Å². The third kappa shape index (κ3) is 3.73. The molecule has 0 unspecified atom stereocenters. The van der Waals surface area contributed by atoms with Crippen molar-refractivity contribution in [2.45, 2.75) is 20.8 Å². The molecule has 3 rings (SSSR count). The first-order chi connectivity index (χ1) is 13.4. The second-order valence-corrected chi connectivity index (χ2v) is 6.20. The maximum absolute atomic E-state index is 12.4. The van der Waals surface area contributed by atoms with E-state index in [9.17, 15) is 14.7 Å². The highest BCUT2D eigenvalue weighted by molar-refractivity contribution is 6.01. The van der Waals surface area contributed by atoms with Gasteiger partial charge in [-0.2, -0.15) is 0 Å². The summed E-state index contributed by atoms with van der Waals surface area (Å²) < 4.78 is 6.47. The first-order valence-corrected chi connectivity index (χ1v) is 8.85. The molecule has 0 aliphatic carbocycles. The summed E-state index contributed by atoms with van der Waals surface area (Å²) in [4.78, 5) is 31.4. The molecular weight excluding hydrogens is 358 g/mol. The van der Waals surface area contributed by atoms with Crippen molar-refractivity contribution in [3.05, 3.63) is 80.5 Å². The Bertz CT molecular complexity index is 1140. The third-order valence-corrected chi connectivity index (χ3v) is 4.25. The average Bonchev–Trinajstić information content (AvgIpc) is 2.64. The van der Waals surface area contributed by atoms with Crippen LogP contribution in [-0.4, -0.2) is 27.0 Å².